The normalized spacial score (nSPS) is 16.1. The number of amides is 2. The van der Waals surface area contributed by atoms with Gasteiger partial charge in [0.25, 0.3) is 5.91 Å². The second-order valence-corrected chi connectivity index (χ2v) is 8.27. The minimum atomic E-state index is -0.481. The van der Waals surface area contributed by atoms with Gasteiger partial charge < -0.3 is 15.5 Å². The standard InChI is InChI=1S/C21H33N3O2/c1-6-15(2)22-19(25)17-14-16(23-20(26)21(3,4)5)10-11-18(17)24-12-8-7-9-13-24/h10-11,14-15H,6-9,12-13H2,1-5H3,(H,22,25)(H,23,26). The van der Waals surface area contributed by atoms with Crippen LogP contribution in [0.2, 0.25) is 0 Å². The summed E-state index contributed by atoms with van der Waals surface area (Å²) in [4.78, 5) is 27.4. The number of benzene rings is 1. The van der Waals surface area contributed by atoms with Gasteiger partial charge in [-0.05, 0) is 50.8 Å². The fourth-order valence-electron chi connectivity index (χ4n) is 2.93. The zero-order valence-corrected chi connectivity index (χ0v) is 16.8. The quantitative estimate of drug-likeness (QED) is 0.829. The molecule has 0 spiro atoms. The lowest BCUT2D eigenvalue weighted by molar-refractivity contribution is -0.123. The van der Waals surface area contributed by atoms with Gasteiger partial charge in [0, 0.05) is 35.9 Å². The molecular weight excluding hydrogens is 326 g/mol. The summed E-state index contributed by atoms with van der Waals surface area (Å²) in [5.74, 6) is -0.136. The molecule has 0 aromatic heterocycles. The summed E-state index contributed by atoms with van der Waals surface area (Å²) in [5.41, 5.74) is 1.78. The highest BCUT2D eigenvalue weighted by molar-refractivity contribution is 6.02. The number of rotatable bonds is 5. The Morgan fingerprint density at radius 1 is 1.15 bits per heavy atom. The van der Waals surface area contributed by atoms with Crippen LogP contribution in [0.1, 0.15) is 70.7 Å². The second kappa shape index (κ2) is 8.56. The molecule has 0 bridgehead atoms. The van der Waals surface area contributed by atoms with Gasteiger partial charge in [-0.25, -0.2) is 0 Å². The molecule has 1 unspecified atom stereocenters. The molecule has 0 radical (unpaired) electrons. The number of nitrogens with zero attached hydrogens (tertiary/aromatic N) is 1. The van der Waals surface area contributed by atoms with Crippen LogP contribution in [0.4, 0.5) is 11.4 Å². The summed E-state index contributed by atoms with van der Waals surface area (Å²) in [5, 5.41) is 5.99. The molecule has 0 aliphatic carbocycles. The van der Waals surface area contributed by atoms with Crippen molar-refractivity contribution in [1.29, 1.82) is 0 Å². The minimum Gasteiger partial charge on any atom is -0.371 e. The van der Waals surface area contributed by atoms with Crippen molar-refractivity contribution < 1.29 is 9.59 Å². The summed E-state index contributed by atoms with van der Waals surface area (Å²) in [6, 6.07) is 5.79. The SMILES string of the molecule is CCC(C)NC(=O)c1cc(NC(=O)C(C)(C)C)ccc1N1CCCCC1. The van der Waals surface area contributed by atoms with E-state index in [1.165, 1.54) is 6.42 Å². The predicted molar refractivity (Wildman–Crippen MR) is 108 cm³/mol. The van der Waals surface area contributed by atoms with Gasteiger partial charge in [-0.15, -0.1) is 0 Å². The molecule has 5 nitrogen and oxygen atoms in total. The van der Waals surface area contributed by atoms with Gasteiger partial charge in [0.1, 0.15) is 0 Å². The molecule has 1 aromatic carbocycles. The second-order valence-electron chi connectivity index (χ2n) is 8.27. The lowest BCUT2D eigenvalue weighted by Gasteiger charge is -2.31. The van der Waals surface area contributed by atoms with Crippen LogP contribution < -0.4 is 15.5 Å². The highest BCUT2D eigenvalue weighted by atomic mass is 16.2. The van der Waals surface area contributed by atoms with Gasteiger partial charge in [-0.2, -0.15) is 0 Å². The lowest BCUT2D eigenvalue weighted by atomic mass is 9.95. The van der Waals surface area contributed by atoms with E-state index in [0.29, 0.717) is 11.3 Å². The maximum Gasteiger partial charge on any atom is 0.253 e. The van der Waals surface area contributed by atoms with Gasteiger partial charge in [0.2, 0.25) is 5.91 Å². The molecule has 1 aliphatic rings. The van der Waals surface area contributed by atoms with E-state index < -0.39 is 5.41 Å². The van der Waals surface area contributed by atoms with Crippen molar-refractivity contribution in [1.82, 2.24) is 5.32 Å². The fourth-order valence-corrected chi connectivity index (χ4v) is 2.93. The summed E-state index contributed by atoms with van der Waals surface area (Å²) in [6.45, 7) is 11.6. The topological polar surface area (TPSA) is 61.4 Å². The van der Waals surface area contributed by atoms with E-state index in [4.69, 9.17) is 0 Å². The molecule has 2 rings (SSSR count). The first kappa shape index (κ1) is 20.3. The summed E-state index contributed by atoms with van der Waals surface area (Å²) < 4.78 is 0. The minimum absolute atomic E-state index is 0.0588. The zero-order chi connectivity index (χ0) is 19.3. The highest BCUT2D eigenvalue weighted by Crippen LogP contribution is 2.28. The molecule has 5 heteroatoms. The zero-order valence-electron chi connectivity index (χ0n) is 16.8. The number of carbonyl (C=O) groups is 2. The molecule has 0 saturated carbocycles. The fraction of sp³-hybridized carbons (Fsp3) is 0.619. The van der Waals surface area contributed by atoms with Crippen LogP contribution in [0, 0.1) is 5.41 Å². The average molecular weight is 360 g/mol. The van der Waals surface area contributed by atoms with Crippen LogP contribution in [0.3, 0.4) is 0 Å². The van der Waals surface area contributed by atoms with Crippen LogP contribution in [0.25, 0.3) is 0 Å². The van der Waals surface area contributed by atoms with E-state index >= 15 is 0 Å². The maximum absolute atomic E-state index is 12.9. The van der Waals surface area contributed by atoms with Crippen LogP contribution >= 0.6 is 0 Å². The van der Waals surface area contributed by atoms with Crippen molar-refractivity contribution in [3.05, 3.63) is 23.8 Å². The van der Waals surface area contributed by atoms with E-state index in [0.717, 1.165) is 38.0 Å². The monoisotopic (exact) mass is 359 g/mol. The molecule has 1 heterocycles. The maximum atomic E-state index is 12.9. The molecular formula is C21H33N3O2. The van der Waals surface area contributed by atoms with E-state index in [-0.39, 0.29) is 17.9 Å². The first-order valence-corrected chi connectivity index (χ1v) is 9.73. The van der Waals surface area contributed by atoms with Crippen LogP contribution in [-0.4, -0.2) is 30.9 Å². The molecule has 2 amide bonds. The summed E-state index contributed by atoms with van der Waals surface area (Å²) in [7, 11) is 0. The predicted octanol–water partition coefficient (Wildman–Crippen LogP) is 4.19. The van der Waals surface area contributed by atoms with Crippen LogP contribution in [-0.2, 0) is 4.79 Å². The molecule has 1 saturated heterocycles. The molecule has 1 aliphatic heterocycles. The third kappa shape index (κ3) is 5.23. The van der Waals surface area contributed by atoms with Crippen molar-refractivity contribution >= 4 is 23.2 Å². The van der Waals surface area contributed by atoms with Gasteiger partial charge in [0.15, 0.2) is 0 Å². The number of anilines is 2. The number of hydrogen-bond acceptors (Lipinski definition) is 3. The van der Waals surface area contributed by atoms with E-state index in [1.54, 1.807) is 0 Å². The van der Waals surface area contributed by atoms with E-state index in [2.05, 4.69) is 22.5 Å². The first-order valence-electron chi connectivity index (χ1n) is 9.73. The van der Waals surface area contributed by atoms with Gasteiger partial charge >= 0.3 is 0 Å². The highest BCUT2D eigenvalue weighted by Gasteiger charge is 2.23. The van der Waals surface area contributed by atoms with Gasteiger partial charge in [-0.3, -0.25) is 9.59 Å². The van der Waals surface area contributed by atoms with Crippen LogP contribution in [0.5, 0.6) is 0 Å². The molecule has 26 heavy (non-hydrogen) atoms. The average Bonchev–Trinajstić information content (AvgIpc) is 2.61. The molecule has 1 aromatic rings. The van der Waals surface area contributed by atoms with Crippen molar-refractivity contribution in [2.24, 2.45) is 5.41 Å². The Labute approximate surface area is 157 Å². The smallest absolute Gasteiger partial charge is 0.253 e. The number of piperidine rings is 1. The summed E-state index contributed by atoms with van der Waals surface area (Å²) in [6.07, 6.45) is 4.42. The van der Waals surface area contributed by atoms with Crippen LogP contribution in [0.15, 0.2) is 18.2 Å². The van der Waals surface area contributed by atoms with E-state index in [9.17, 15) is 9.59 Å². The third-order valence-electron chi connectivity index (χ3n) is 4.87. The first-order chi connectivity index (χ1) is 12.2. The third-order valence-corrected chi connectivity index (χ3v) is 4.87. The van der Waals surface area contributed by atoms with Gasteiger partial charge in [-0.1, -0.05) is 27.7 Å². The molecule has 1 fully saturated rings. The number of hydrogen-bond donors (Lipinski definition) is 2. The Kier molecular flexibility index (Phi) is 6.68. The van der Waals surface area contributed by atoms with Crippen molar-refractivity contribution in [2.45, 2.75) is 66.3 Å². The lowest BCUT2D eigenvalue weighted by Crippen LogP contribution is -2.35. The molecule has 144 valence electrons. The van der Waals surface area contributed by atoms with Crippen molar-refractivity contribution in [3.8, 4) is 0 Å². The molecule has 1 atom stereocenters. The Morgan fingerprint density at radius 3 is 2.38 bits per heavy atom. The number of nitrogens with one attached hydrogen (secondary N) is 2. The Balaban J connectivity index is 2.32. The molecule has 2 N–H and O–H groups in total. The Morgan fingerprint density at radius 2 is 1.81 bits per heavy atom. The van der Waals surface area contributed by atoms with Gasteiger partial charge in [0.05, 0.1) is 5.56 Å². The van der Waals surface area contributed by atoms with E-state index in [1.807, 2.05) is 45.9 Å². The largest absolute Gasteiger partial charge is 0.371 e. The van der Waals surface area contributed by atoms with Crippen molar-refractivity contribution in [3.63, 3.8) is 0 Å². The summed E-state index contributed by atoms with van der Waals surface area (Å²) >= 11 is 0. The Hall–Kier alpha value is -2.04. The Bertz CT molecular complexity index is 643. The van der Waals surface area contributed by atoms with Crippen molar-refractivity contribution in [2.75, 3.05) is 23.3 Å². The number of carbonyl (C=O) groups excluding carboxylic acids is 2.